The molecular weight excluding hydrogens is 208 g/mol. The van der Waals surface area contributed by atoms with E-state index in [-0.39, 0.29) is 0 Å². The summed E-state index contributed by atoms with van der Waals surface area (Å²) in [4.78, 5) is 2.74. The maximum Gasteiger partial charge on any atom is 0.0246 e. The van der Waals surface area contributed by atoms with Crippen molar-refractivity contribution in [1.29, 1.82) is 0 Å². The van der Waals surface area contributed by atoms with E-state index in [1.807, 2.05) is 0 Å². The van der Waals surface area contributed by atoms with Crippen molar-refractivity contribution in [2.24, 2.45) is 0 Å². The maximum atomic E-state index is 3.78. The van der Waals surface area contributed by atoms with Gasteiger partial charge in [-0.2, -0.15) is 0 Å². The van der Waals surface area contributed by atoms with E-state index in [9.17, 15) is 0 Å². The second-order valence-electron chi connectivity index (χ2n) is 5.42. The topological polar surface area (TPSA) is 15.3 Å². The van der Waals surface area contributed by atoms with E-state index in [1.165, 1.54) is 64.6 Å². The van der Waals surface area contributed by atoms with Crippen molar-refractivity contribution in [1.82, 2.24) is 10.2 Å². The average molecular weight is 240 g/mol. The molecule has 0 aliphatic carbocycles. The third-order valence-corrected chi connectivity index (χ3v) is 4.00. The zero-order valence-electron chi connectivity index (χ0n) is 12.2. The van der Waals surface area contributed by atoms with Gasteiger partial charge in [0.2, 0.25) is 0 Å². The second-order valence-corrected chi connectivity index (χ2v) is 5.42. The summed E-state index contributed by atoms with van der Waals surface area (Å²) < 4.78 is 0. The Morgan fingerprint density at radius 2 is 1.71 bits per heavy atom. The molecule has 0 bridgehead atoms. The summed E-state index contributed by atoms with van der Waals surface area (Å²) >= 11 is 0. The maximum absolute atomic E-state index is 3.78. The van der Waals surface area contributed by atoms with Crippen LogP contribution in [0.5, 0.6) is 0 Å². The van der Waals surface area contributed by atoms with Crippen molar-refractivity contribution < 1.29 is 0 Å². The van der Waals surface area contributed by atoms with Gasteiger partial charge >= 0.3 is 0 Å². The molecule has 0 amide bonds. The highest BCUT2D eigenvalue weighted by molar-refractivity contribution is 4.85. The van der Waals surface area contributed by atoms with Gasteiger partial charge in [-0.1, -0.05) is 33.6 Å². The molecule has 2 unspecified atom stereocenters. The van der Waals surface area contributed by atoms with Crippen LogP contribution in [0.4, 0.5) is 0 Å². The molecule has 2 nitrogen and oxygen atoms in total. The lowest BCUT2D eigenvalue weighted by molar-refractivity contribution is 0.122. The number of nitrogens with one attached hydrogen (secondary N) is 1. The standard InChI is InChI=1S/C15H32N2/c1-4-10-14(16-11-5-2)15(6-3)17-12-8-7-9-13-17/h14-16H,4-13H2,1-3H3. The Morgan fingerprint density at radius 1 is 1.00 bits per heavy atom. The van der Waals surface area contributed by atoms with E-state index >= 15 is 0 Å². The Balaban J connectivity index is 2.51. The number of rotatable bonds is 8. The molecule has 2 heteroatoms. The van der Waals surface area contributed by atoms with Crippen LogP contribution < -0.4 is 5.32 Å². The molecule has 17 heavy (non-hydrogen) atoms. The van der Waals surface area contributed by atoms with Gasteiger partial charge in [-0.05, 0) is 51.7 Å². The lowest BCUT2D eigenvalue weighted by Crippen LogP contribution is -2.51. The minimum Gasteiger partial charge on any atom is -0.312 e. The normalized spacial score (nSPS) is 21.4. The van der Waals surface area contributed by atoms with Crippen molar-refractivity contribution in [3.63, 3.8) is 0 Å². The number of hydrogen-bond donors (Lipinski definition) is 1. The van der Waals surface area contributed by atoms with Gasteiger partial charge in [0.15, 0.2) is 0 Å². The quantitative estimate of drug-likeness (QED) is 0.699. The number of hydrogen-bond acceptors (Lipinski definition) is 2. The van der Waals surface area contributed by atoms with E-state index in [1.54, 1.807) is 0 Å². The van der Waals surface area contributed by atoms with Crippen LogP contribution in [0, 0.1) is 0 Å². The zero-order valence-corrected chi connectivity index (χ0v) is 12.2. The molecule has 0 aromatic rings. The van der Waals surface area contributed by atoms with Gasteiger partial charge in [0, 0.05) is 12.1 Å². The number of likely N-dealkylation sites (tertiary alicyclic amines) is 1. The molecule has 1 fully saturated rings. The zero-order chi connectivity index (χ0) is 12.5. The van der Waals surface area contributed by atoms with E-state index in [2.05, 4.69) is 31.0 Å². The fraction of sp³-hybridized carbons (Fsp3) is 1.00. The molecule has 0 aromatic heterocycles. The summed E-state index contributed by atoms with van der Waals surface area (Å²) in [5.41, 5.74) is 0. The number of nitrogens with zero attached hydrogens (tertiary/aromatic N) is 1. The summed E-state index contributed by atoms with van der Waals surface area (Å²) in [5, 5.41) is 3.78. The van der Waals surface area contributed by atoms with Crippen molar-refractivity contribution in [2.45, 2.75) is 77.8 Å². The third-order valence-electron chi connectivity index (χ3n) is 4.00. The highest BCUT2D eigenvalue weighted by atomic mass is 15.2. The molecule has 1 aliphatic rings. The first kappa shape index (κ1) is 15.0. The SMILES string of the molecule is CCCNC(CCC)C(CC)N1CCCCC1. The first-order valence-corrected chi connectivity index (χ1v) is 7.80. The molecule has 1 N–H and O–H groups in total. The fourth-order valence-electron chi connectivity index (χ4n) is 3.12. The molecule has 1 aliphatic heterocycles. The van der Waals surface area contributed by atoms with Crippen LogP contribution in [0.15, 0.2) is 0 Å². The predicted octanol–water partition coefficient (Wildman–Crippen LogP) is 3.42. The van der Waals surface area contributed by atoms with Crippen LogP contribution in [-0.4, -0.2) is 36.6 Å². The summed E-state index contributed by atoms with van der Waals surface area (Å²) in [5.74, 6) is 0. The molecule has 1 heterocycles. The molecule has 2 atom stereocenters. The number of piperidine rings is 1. The summed E-state index contributed by atoms with van der Waals surface area (Å²) in [6, 6.07) is 1.48. The third kappa shape index (κ3) is 4.97. The molecular formula is C15H32N2. The fourth-order valence-corrected chi connectivity index (χ4v) is 3.12. The van der Waals surface area contributed by atoms with Gasteiger partial charge < -0.3 is 5.32 Å². The highest BCUT2D eigenvalue weighted by Gasteiger charge is 2.25. The first-order chi connectivity index (χ1) is 8.33. The van der Waals surface area contributed by atoms with E-state index in [0.717, 1.165) is 6.04 Å². The van der Waals surface area contributed by atoms with Crippen molar-refractivity contribution in [3.8, 4) is 0 Å². The molecule has 1 rings (SSSR count). The Bertz CT molecular complexity index is 176. The van der Waals surface area contributed by atoms with Crippen molar-refractivity contribution >= 4 is 0 Å². The van der Waals surface area contributed by atoms with Crippen LogP contribution in [-0.2, 0) is 0 Å². The Labute approximate surface area is 108 Å². The van der Waals surface area contributed by atoms with Gasteiger partial charge in [-0.25, -0.2) is 0 Å². The molecule has 0 saturated carbocycles. The largest absolute Gasteiger partial charge is 0.312 e. The van der Waals surface area contributed by atoms with Crippen LogP contribution >= 0.6 is 0 Å². The van der Waals surface area contributed by atoms with Crippen LogP contribution in [0.25, 0.3) is 0 Å². The van der Waals surface area contributed by atoms with Gasteiger partial charge in [-0.3, -0.25) is 4.90 Å². The van der Waals surface area contributed by atoms with Crippen LogP contribution in [0.1, 0.15) is 65.7 Å². The summed E-state index contributed by atoms with van der Waals surface area (Å²) in [6.45, 7) is 10.8. The van der Waals surface area contributed by atoms with Gasteiger partial charge in [0.05, 0.1) is 0 Å². The lowest BCUT2D eigenvalue weighted by Gasteiger charge is -2.39. The van der Waals surface area contributed by atoms with Gasteiger partial charge in [-0.15, -0.1) is 0 Å². The lowest BCUT2D eigenvalue weighted by atomic mass is 9.96. The molecule has 0 radical (unpaired) electrons. The van der Waals surface area contributed by atoms with E-state index in [0.29, 0.717) is 6.04 Å². The average Bonchev–Trinajstić information content (AvgIpc) is 2.38. The Kier molecular flexibility index (Phi) is 7.87. The van der Waals surface area contributed by atoms with Gasteiger partial charge in [0.1, 0.15) is 0 Å². The minimum atomic E-state index is 0.711. The Morgan fingerprint density at radius 3 is 2.24 bits per heavy atom. The van der Waals surface area contributed by atoms with Gasteiger partial charge in [0.25, 0.3) is 0 Å². The summed E-state index contributed by atoms with van der Waals surface area (Å²) in [7, 11) is 0. The molecule has 1 saturated heterocycles. The smallest absolute Gasteiger partial charge is 0.0246 e. The minimum absolute atomic E-state index is 0.711. The second kappa shape index (κ2) is 8.93. The van der Waals surface area contributed by atoms with Crippen molar-refractivity contribution in [3.05, 3.63) is 0 Å². The Hall–Kier alpha value is -0.0800. The first-order valence-electron chi connectivity index (χ1n) is 7.80. The van der Waals surface area contributed by atoms with E-state index < -0.39 is 0 Å². The van der Waals surface area contributed by atoms with Crippen LogP contribution in [0.2, 0.25) is 0 Å². The monoisotopic (exact) mass is 240 g/mol. The molecule has 0 aromatic carbocycles. The molecule has 102 valence electrons. The molecule has 0 spiro atoms. The summed E-state index contributed by atoms with van der Waals surface area (Å²) in [6.07, 6.45) is 9.42. The van der Waals surface area contributed by atoms with E-state index in [4.69, 9.17) is 0 Å². The van der Waals surface area contributed by atoms with Crippen molar-refractivity contribution in [2.75, 3.05) is 19.6 Å². The highest BCUT2D eigenvalue weighted by Crippen LogP contribution is 2.19. The predicted molar refractivity (Wildman–Crippen MR) is 76.5 cm³/mol. The van der Waals surface area contributed by atoms with Crippen LogP contribution in [0.3, 0.4) is 0 Å².